The van der Waals surface area contributed by atoms with Crippen LogP contribution in [0.15, 0.2) is 36.5 Å². The van der Waals surface area contributed by atoms with Crippen LogP contribution in [0.2, 0.25) is 0 Å². The SMILES string of the molecule is CCCCC/C=C\C/C=C\CCCCCCCCCCCCOCC(CO)OC(=O)CCCCCCCCCCC/C=C\CCCCCCCC. The van der Waals surface area contributed by atoms with Crippen LogP contribution in [-0.2, 0) is 14.3 Å². The average molecular weight is 717 g/mol. The fourth-order valence-corrected chi connectivity index (χ4v) is 6.53. The molecule has 0 spiro atoms. The monoisotopic (exact) mass is 717 g/mol. The van der Waals surface area contributed by atoms with Crippen molar-refractivity contribution in [2.24, 2.45) is 0 Å². The van der Waals surface area contributed by atoms with Gasteiger partial charge in [0.1, 0.15) is 6.10 Å². The van der Waals surface area contributed by atoms with Crippen molar-refractivity contribution in [3.05, 3.63) is 36.5 Å². The van der Waals surface area contributed by atoms with Crippen LogP contribution in [0.5, 0.6) is 0 Å². The van der Waals surface area contributed by atoms with Gasteiger partial charge in [-0.15, -0.1) is 0 Å². The summed E-state index contributed by atoms with van der Waals surface area (Å²) in [6.07, 6.45) is 56.4. The van der Waals surface area contributed by atoms with Crippen molar-refractivity contribution in [3.63, 3.8) is 0 Å². The van der Waals surface area contributed by atoms with Crippen molar-refractivity contribution in [2.45, 2.75) is 238 Å². The highest BCUT2D eigenvalue weighted by Gasteiger charge is 2.13. The zero-order chi connectivity index (χ0) is 37.0. The lowest BCUT2D eigenvalue weighted by atomic mass is 10.1. The van der Waals surface area contributed by atoms with Crippen LogP contribution in [0, 0.1) is 0 Å². The van der Waals surface area contributed by atoms with E-state index in [2.05, 4.69) is 50.3 Å². The Balaban J connectivity index is 3.41. The lowest BCUT2D eigenvalue weighted by Gasteiger charge is -2.16. The third-order valence-electron chi connectivity index (χ3n) is 9.94. The molecule has 0 aliphatic carbocycles. The van der Waals surface area contributed by atoms with Gasteiger partial charge in [-0.3, -0.25) is 4.79 Å². The Hall–Kier alpha value is -1.39. The number of carbonyl (C=O) groups is 1. The number of unbranched alkanes of at least 4 members (excludes halogenated alkanes) is 28. The van der Waals surface area contributed by atoms with Gasteiger partial charge < -0.3 is 14.6 Å². The van der Waals surface area contributed by atoms with Gasteiger partial charge in [0.25, 0.3) is 0 Å². The summed E-state index contributed by atoms with van der Waals surface area (Å²) in [7, 11) is 0. The first kappa shape index (κ1) is 49.6. The first-order valence-electron chi connectivity index (χ1n) is 22.6. The van der Waals surface area contributed by atoms with E-state index < -0.39 is 6.10 Å². The molecular weight excluding hydrogens is 629 g/mol. The summed E-state index contributed by atoms with van der Waals surface area (Å²) in [6, 6.07) is 0. The molecule has 0 aromatic rings. The van der Waals surface area contributed by atoms with Gasteiger partial charge in [0.15, 0.2) is 0 Å². The third kappa shape index (κ3) is 42.9. The second-order valence-electron chi connectivity index (χ2n) is 15.1. The highest BCUT2D eigenvalue weighted by atomic mass is 16.6. The van der Waals surface area contributed by atoms with E-state index in [1.165, 1.54) is 186 Å². The first-order valence-corrected chi connectivity index (χ1v) is 22.6. The first-order chi connectivity index (χ1) is 25.2. The van der Waals surface area contributed by atoms with Gasteiger partial charge in [0.05, 0.1) is 13.2 Å². The summed E-state index contributed by atoms with van der Waals surface area (Å²) in [5.74, 6) is -0.202. The molecule has 0 aliphatic rings. The predicted octanol–water partition coefficient (Wildman–Crippen LogP) is 14.9. The normalized spacial score (nSPS) is 12.6. The molecule has 0 heterocycles. The highest BCUT2D eigenvalue weighted by Crippen LogP contribution is 2.14. The van der Waals surface area contributed by atoms with Crippen molar-refractivity contribution < 1.29 is 19.4 Å². The molecule has 0 saturated carbocycles. The second kappa shape index (κ2) is 44.8. The molecule has 0 saturated heterocycles. The minimum absolute atomic E-state index is 0.172. The number of aliphatic hydroxyl groups excluding tert-OH is 1. The number of allylic oxidation sites excluding steroid dienone is 6. The molecule has 1 N–H and O–H groups in total. The average Bonchev–Trinajstić information content (AvgIpc) is 3.14. The van der Waals surface area contributed by atoms with E-state index in [-0.39, 0.29) is 12.6 Å². The summed E-state index contributed by atoms with van der Waals surface area (Å²) in [6.45, 7) is 5.33. The van der Waals surface area contributed by atoms with Crippen molar-refractivity contribution in [2.75, 3.05) is 19.8 Å². The molecule has 4 nitrogen and oxygen atoms in total. The summed E-state index contributed by atoms with van der Waals surface area (Å²) in [5, 5.41) is 9.62. The standard InChI is InChI=1S/C47H88O4/c1-3-5-7-9-11-13-15-17-19-21-23-25-27-29-31-33-35-37-39-41-43-50-45-46(44-48)51-47(49)42-40-38-36-34-32-30-28-26-24-22-20-18-16-14-12-10-8-6-4-2/h11,13,17-20,46,48H,3-10,12,14-16,21-45H2,1-2H3/b13-11-,19-17-,20-18-. The maximum Gasteiger partial charge on any atom is 0.306 e. The van der Waals surface area contributed by atoms with Crippen molar-refractivity contribution in [3.8, 4) is 0 Å². The van der Waals surface area contributed by atoms with Gasteiger partial charge in [-0.1, -0.05) is 192 Å². The lowest BCUT2D eigenvalue weighted by Crippen LogP contribution is -2.27. The van der Waals surface area contributed by atoms with E-state index in [1.807, 2.05) is 0 Å². The molecule has 0 fully saturated rings. The Morgan fingerprint density at radius 2 is 0.824 bits per heavy atom. The van der Waals surface area contributed by atoms with Crippen molar-refractivity contribution >= 4 is 5.97 Å². The lowest BCUT2D eigenvalue weighted by molar-refractivity contribution is -0.154. The minimum atomic E-state index is -0.536. The van der Waals surface area contributed by atoms with Crippen LogP contribution in [0.4, 0.5) is 0 Å². The molecule has 0 radical (unpaired) electrons. The van der Waals surface area contributed by atoms with Gasteiger partial charge in [-0.2, -0.15) is 0 Å². The molecule has 0 aliphatic heterocycles. The fourth-order valence-electron chi connectivity index (χ4n) is 6.53. The Bertz CT molecular complexity index is 757. The van der Waals surface area contributed by atoms with Gasteiger partial charge in [0, 0.05) is 13.0 Å². The van der Waals surface area contributed by atoms with Crippen LogP contribution in [0.1, 0.15) is 232 Å². The molecular formula is C47H88O4. The Morgan fingerprint density at radius 1 is 0.471 bits per heavy atom. The maximum atomic E-state index is 12.2. The Kier molecular flexibility index (Phi) is 43.5. The Labute approximate surface area is 319 Å². The quantitative estimate of drug-likeness (QED) is 0.0388. The van der Waals surface area contributed by atoms with E-state index in [9.17, 15) is 9.90 Å². The number of hydrogen-bond acceptors (Lipinski definition) is 4. The van der Waals surface area contributed by atoms with Crippen LogP contribution in [0.25, 0.3) is 0 Å². The summed E-state index contributed by atoms with van der Waals surface area (Å²) in [5.41, 5.74) is 0. The van der Waals surface area contributed by atoms with Crippen LogP contribution in [0.3, 0.4) is 0 Å². The smallest absolute Gasteiger partial charge is 0.306 e. The number of ether oxygens (including phenoxy) is 2. The molecule has 1 atom stereocenters. The zero-order valence-corrected chi connectivity index (χ0v) is 34.4. The largest absolute Gasteiger partial charge is 0.457 e. The fraction of sp³-hybridized carbons (Fsp3) is 0.851. The van der Waals surface area contributed by atoms with Gasteiger partial charge in [-0.05, 0) is 70.6 Å². The van der Waals surface area contributed by atoms with E-state index in [1.54, 1.807) is 0 Å². The van der Waals surface area contributed by atoms with Gasteiger partial charge >= 0.3 is 5.97 Å². The topological polar surface area (TPSA) is 55.8 Å². The summed E-state index contributed by atoms with van der Waals surface area (Å²) < 4.78 is 11.2. The van der Waals surface area contributed by atoms with E-state index in [0.29, 0.717) is 19.6 Å². The second-order valence-corrected chi connectivity index (χ2v) is 15.1. The molecule has 0 aromatic heterocycles. The van der Waals surface area contributed by atoms with E-state index in [4.69, 9.17) is 9.47 Å². The predicted molar refractivity (Wildman–Crippen MR) is 224 cm³/mol. The summed E-state index contributed by atoms with van der Waals surface area (Å²) in [4.78, 5) is 12.2. The molecule has 4 heteroatoms. The van der Waals surface area contributed by atoms with Crippen molar-refractivity contribution in [1.29, 1.82) is 0 Å². The molecule has 0 amide bonds. The minimum Gasteiger partial charge on any atom is -0.457 e. The number of aliphatic hydroxyl groups is 1. The van der Waals surface area contributed by atoms with Gasteiger partial charge in [-0.25, -0.2) is 0 Å². The van der Waals surface area contributed by atoms with Crippen molar-refractivity contribution in [1.82, 2.24) is 0 Å². The number of esters is 1. The highest BCUT2D eigenvalue weighted by molar-refractivity contribution is 5.69. The van der Waals surface area contributed by atoms with E-state index >= 15 is 0 Å². The van der Waals surface area contributed by atoms with E-state index in [0.717, 1.165) is 25.7 Å². The third-order valence-corrected chi connectivity index (χ3v) is 9.94. The van der Waals surface area contributed by atoms with Crippen LogP contribution < -0.4 is 0 Å². The zero-order valence-electron chi connectivity index (χ0n) is 34.4. The molecule has 300 valence electrons. The molecule has 0 aromatic carbocycles. The van der Waals surface area contributed by atoms with Crippen LogP contribution in [-0.4, -0.2) is 37.0 Å². The maximum absolute atomic E-state index is 12.2. The molecule has 1 unspecified atom stereocenters. The van der Waals surface area contributed by atoms with Gasteiger partial charge in [0.2, 0.25) is 0 Å². The summed E-state index contributed by atoms with van der Waals surface area (Å²) >= 11 is 0. The molecule has 51 heavy (non-hydrogen) atoms. The molecule has 0 rings (SSSR count). The number of hydrogen-bond donors (Lipinski definition) is 1. The van der Waals surface area contributed by atoms with Crippen LogP contribution >= 0.6 is 0 Å². The Morgan fingerprint density at radius 3 is 1.27 bits per heavy atom. The number of carbonyl (C=O) groups excluding carboxylic acids is 1. The number of rotatable bonds is 42. The molecule has 0 bridgehead atoms.